The quantitative estimate of drug-likeness (QED) is 0.862. The summed E-state index contributed by atoms with van der Waals surface area (Å²) in [5.74, 6) is 0.904. The van der Waals surface area contributed by atoms with Gasteiger partial charge >= 0.3 is 0 Å². The Balaban J connectivity index is 2.10. The molecule has 0 amide bonds. The van der Waals surface area contributed by atoms with Crippen molar-refractivity contribution in [3.63, 3.8) is 0 Å². The largest absolute Gasteiger partial charge is 0.497 e. The SMILES string of the molecule is COc1cccc(-c2cccc3c2NCCC3)c1. The fourth-order valence-electron chi connectivity index (χ4n) is 2.54. The number of aryl methyl sites for hydroxylation is 1. The normalized spacial score (nSPS) is 13.6. The van der Waals surface area contributed by atoms with Crippen molar-refractivity contribution in [3.05, 3.63) is 48.0 Å². The lowest BCUT2D eigenvalue weighted by molar-refractivity contribution is 0.415. The number of benzene rings is 2. The molecule has 0 radical (unpaired) electrons. The van der Waals surface area contributed by atoms with Gasteiger partial charge in [-0.25, -0.2) is 0 Å². The Hall–Kier alpha value is -1.96. The smallest absolute Gasteiger partial charge is 0.119 e. The molecule has 0 spiro atoms. The second-order valence-electron chi connectivity index (χ2n) is 4.60. The first-order valence-electron chi connectivity index (χ1n) is 6.38. The summed E-state index contributed by atoms with van der Waals surface area (Å²) in [6, 6.07) is 14.8. The third kappa shape index (κ3) is 1.94. The lowest BCUT2D eigenvalue weighted by Crippen LogP contribution is -2.12. The molecule has 0 unspecified atom stereocenters. The van der Waals surface area contributed by atoms with E-state index in [4.69, 9.17) is 4.74 Å². The number of fused-ring (bicyclic) bond motifs is 1. The van der Waals surface area contributed by atoms with Gasteiger partial charge in [-0.2, -0.15) is 0 Å². The molecule has 18 heavy (non-hydrogen) atoms. The van der Waals surface area contributed by atoms with E-state index in [0.717, 1.165) is 12.3 Å². The van der Waals surface area contributed by atoms with E-state index < -0.39 is 0 Å². The van der Waals surface area contributed by atoms with Crippen LogP contribution in [-0.4, -0.2) is 13.7 Å². The van der Waals surface area contributed by atoms with E-state index in [-0.39, 0.29) is 0 Å². The first kappa shape index (κ1) is 11.1. The zero-order valence-electron chi connectivity index (χ0n) is 10.6. The minimum atomic E-state index is 0.904. The van der Waals surface area contributed by atoms with Gasteiger partial charge < -0.3 is 10.1 Å². The van der Waals surface area contributed by atoms with Gasteiger partial charge in [-0.3, -0.25) is 0 Å². The summed E-state index contributed by atoms with van der Waals surface area (Å²) in [4.78, 5) is 0. The Labute approximate surface area is 108 Å². The average Bonchev–Trinajstić information content (AvgIpc) is 2.47. The Morgan fingerprint density at radius 2 is 2.00 bits per heavy atom. The summed E-state index contributed by atoms with van der Waals surface area (Å²) in [5.41, 5.74) is 5.19. The second-order valence-corrected chi connectivity index (χ2v) is 4.60. The molecule has 1 aliphatic heterocycles. The predicted octanol–water partition coefficient (Wildman–Crippen LogP) is 3.72. The predicted molar refractivity (Wildman–Crippen MR) is 75.2 cm³/mol. The molecule has 0 aromatic heterocycles. The highest BCUT2D eigenvalue weighted by Crippen LogP contribution is 2.34. The molecule has 0 saturated carbocycles. The summed E-state index contributed by atoms with van der Waals surface area (Å²) in [7, 11) is 1.71. The van der Waals surface area contributed by atoms with Crippen molar-refractivity contribution < 1.29 is 4.74 Å². The molecule has 92 valence electrons. The molecule has 0 aliphatic carbocycles. The average molecular weight is 239 g/mol. The fourth-order valence-corrected chi connectivity index (χ4v) is 2.54. The van der Waals surface area contributed by atoms with Gasteiger partial charge in [-0.1, -0.05) is 30.3 Å². The molecule has 2 aromatic carbocycles. The van der Waals surface area contributed by atoms with Crippen LogP contribution in [0.2, 0.25) is 0 Å². The third-order valence-electron chi connectivity index (χ3n) is 3.46. The first-order chi connectivity index (χ1) is 8.88. The summed E-state index contributed by atoms with van der Waals surface area (Å²) in [6.07, 6.45) is 2.38. The maximum atomic E-state index is 5.30. The molecular formula is C16H17NO. The van der Waals surface area contributed by atoms with Gasteiger partial charge in [0.15, 0.2) is 0 Å². The number of hydrogen-bond acceptors (Lipinski definition) is 2. The number of hydrogen-bond donors (Lipinski definition) is 1. The highest BCUT2D eigenvalue weighted by atomic mass is 16.5. The van der Waals surface area contributed by atoms with Crippen LogP contribution in [0.25, 0.3) is 11.1 Å². The van der Waals surface area contributed by atoms with E-state index >= 15 is 0 Å². The standard InChI is InChI=1S/C16H17NO/c1-18-14-8-2-6-13(11-14)15-9-3-5-12-7-4-10-17-16(12)15/h2-3,5-6,8-9,11,17H,4,7,10H2,1H3. The molecule has 3 rings (SSSR count). The topological polar surface area (TPSA) is 21.3 Å². The molecule has 1 aliphatic rings. The van der Waals surface area contributed by atoms with Crippen LogP contribution in [0.3, 0.4) is 0 Å². The summed E-state index contributed by atoms with van der Waals surface area (Å²) >= 11 is 0. The van der Waals surface area contributed by atoms with Gasteiger partial charge in [0.25, 0.3) is 0 Å². The van der Waals surface area contributed by atoms with Gasteiger partial charge in [0.2, 0.25) is 0 Å². The van der Waals surface area contributed by atoms with Crippen molar-refractivity contribution in [3.8, 4) is 16.9 Å². The number of nitrogens with one attached hydrogen (secondary N) is 1. The van der Waals surface area contributed by atoms with Crippen LogP contribution < -0.4 is 10.1 Å². The van der Waals surface area contributed by atoms with E-state index in [1.807, 2.05) is 12.1 Å². The third-order valence-corrected chi connectivity index (χ3v) is 3.46. The minimum absolute atomic E-state index is 0.904. The highest BCUT2D eigenvalue weighted by Gasteiger charge is 2.13. The number of ether oxygens (including phenoxy) is 1. The molecule has 2 nitrogen and oxygen atoms in total. The van der Waals surface area contributed by atoms with Crippen molar-refractivity contribution in [2.45, 2.75) is 12.8 Å². The van der Waals surface area contributed by atoms with Crippen LogP contribution in [0.15, 0.2) is 42.5 Å². The molecule has 0 bridgehead atoms. The van der Waals surface area contributed by atoms with Crippen LogP contribution in [0.1, 0.15) is 12.0 Å². The first-order valence-corrected chi connectivity index (χ1v) is 6.38. The summed E-state index contributed by atoms with van der Waals surface area (Å²) in [5, 5.41) is 3.53. The van der Waals surface area contributed by atoms with Crippen LogP contribution in [0, 0.1) is 0 Å². The van der Waals surface area contributed by atoms with Crippen molar-refractivity contribution in [2.75, 3.05) is 19.0 Å². The number of rotatable bonds is 2. The Morgan fingerprint density at radius 1 is 1.11 bits per heavy atom. The maximum absolute atomic E-state index is 5.30. The van der Waals surface area contributed by atoms with Gasteiger partial charge in [0.1, 0.15) is 5.75 Å². The van der Waals surface area contributed by atoms with E-state index in [9.17, 15) is 0 Å². The van der Waals surface area contributed by atoms with Gasteiger partial charge in [-0.05, 0) is 36.1 Å². The lowest BCUT2D eigenvalue weighted by Gasteiger charge is -2.21. The maximum Gasteiger partial charge on any atom is 0.119 e. The summed E-state index contributed by atoms with van der Waals surface area (Å²) < 4.78 is 5.30. The Kier molecular flexibility index (Phi) is 2.93. The molecule has 2 heteroatoms. The summed E-state index contributed by atoms with van der Waals surface area (Å²) in [6.45, 7) is 1.06. The lowest BCUT2D eigenvalue weighted by atomic mass is 9.95. The van der Waals surface area contributed by atoms with Crippen LogP contribution >= 0.6 is 0 Å². The Bertz CT molecular complexity index is 563. The number of methoxy groups -OCH3 is 1. The highest BCUT2D eigenvalue weighted by molar-refractivity contribution is 5.81. The molecule has 0 fully saturated rings. The Morgan fingerprint density at radius 3 is 2.89 bits per heavy atom. The van der Waals surface area contributed by atoms with E-state index in [1.54, 1.807) is 7.11 Å². The second kappa shape index (κ2) is 4.73. The molecule has 1 N–H and O–H groups in total. The fraction of sp³-hybridized carbons (Fsp3) is 0.250. The molecule has 0 atom stereocenters. The minimum Gasteiger partial charge on any atom is -0.497 e. The van der Waals surface area contributed by atoms with Crippen molar-refractivity contribution >= 4 is 5.69 Å². The number of para-hydroxylation sites is 1. The van der Waals surface area contributed by atoms with E-state index in [2.05, 4.69) is 35.6 Å². The van der Waals surface area contributed by atoms with E-state index in [1.165, 1.54) is 35.2 Å². The van der Waals surface area contributed by atoms with Gasteiger partial charge in [0, 0.05) is 17.8 Å². The van der Waals surface area contributed by atoms with Crippen LogP contribution in [-0.2, 0) is 6.42 Å². The molecule has 0 saturated heterocycles. The van der Waals surface area contributed by atoms with E-state index in [0.29, 0.717) is 0 Å². The monoisotopic (exact) mass is 239 g/mol. The molecular weight excluding hydrogens is 222 g/mol. The van der Waals surface area contributed by atoms with Crippen LogP contribution in [0.4, 0.5) is 5.69 Å². The number of anilines is 1. The van der Waals surface area contributed by atoms with Gasteiger partial charge in [-0.15, -0.1) is 0 Å². The van der Waals surface area contributed by atoms with Crippen molar-refractivity contribution in [1.29, 1.82) is 0 Å². The van der Waals surface area contributed by atoms with Crippen molar-refractivity contribution in [2.24, 2.45) is 0 Å². The zero-order chi connectivity index (χ0) is 12.4. The molecule has 1 heterocycles. The van der Waals surface area contributed by atoms with Crippen molar-refractivity contribution in [1.82, 2.24) is 0 Å². The van der Waals surface area contributed by atoms with Crippen LogP contribution in [0.5, 0.6) is 5.75 Å². The van der Waals surface area contributed by atoms with Gasteiger partial charge in [0.05, 0.1) is 7.11 Å². The zero-order valence-corrected chi connectivity index (χ0v) is 10.6. The molecule has 2 aromatic rings.